The van der Waals surface area contributed by atoms with Crippen LogP contribution in [0.15, 0.2) is 36.4 Å². The van der Waals surface area contributed by atoms with E-state index in [4.69, 9.17) is 18.9 Å². The Morgan fingerprint density at radius 3 is 2.18 bits per heavy atom. The monoisotopic (exact) mass is 390 g/mol. The van der Waals surface area contributed by atoms with Crippen molar-refractivity contribution in [1.82, 2.24) is 0 Å². The van der Waals surface area contributed by atoms with Crippen LogP contribution < -0.4 is 19.5 Å². The molecule has 0 spiro atoms. The summed E-state index contributed by atoms with van der Waals surface area (Å²) in [6.07, 6.45) is 0. The number of hydrogen-bond donors (Lipinski definition) is 1. The van der Waals surface area contributed by atoms with E-state index in [1.54, 1.807) is 0 Å². The molecule has 10 nitrogen and oxygen atoms in total. The molecule has 0 saturated heterocycles. The lowest BCUT2D eigenvalue weighted by molar-refractivity contribution is -0.384. The van der Waals surface area contributed by atoms with Crippen LogP contribution in [0.2, 0.25) is 0 Å². The van der Waals surface area contributed by atoms with E-state index in [1.165, 1.54) is 57.7 Å². The molecule has 1 amide bonds. The van der Waals surface area contributed by atoms with E-state index < -0.39 is 16.8 Å². The fourth-order valence-corrected chi connectivity index (χ4v) is 2.26. The lowest BCUT2D eigenvalue weighted by Crippen LogP contribution is -2.22. The van der Waals surface area contributed by atoms with E-state index in [0.29, 0.717) is 11.5 Å². The van der Waals surface area contributed by atoms with Gasteiger partial charge in [0, 0.05) is 24.3 Å². The van der Waals surface area contributed by atoms with Crippen molar-refractivity contribution in [2.75, 3.05) is 33.3 Å². The molecule has 2 rings (SSSR count). The molecule has 0 fully saturated rings. The Morgan fingerprint density at radius 2 is 1.64 bits per heavy atom. The Bertz CT molecular complexity index is 880. The Balaban J connectivity index is 2.13. The van der Waals surface area contributed by atoms with Gasteiger partial charge in [-0.15, -0.1) is 0 Å². The van der Waals surface area contributed by atoms with Crippen LogP contribution in [0.3, 0.4) is 0 Å². The number of nitro groups is 1. The molecule has 0 radical (unpaired) electrons. The average molecular weight is 390 g/mol. The van der Waals surface area contributed by atoms with E-state index in [1.807, 2.05) is 0 Å². The van der Waals surface area contributed by atoms with Crippen molar-refractivity contribution in [1.29, 1.82) is 0 Å². The molecule has 0 aliphatic carbocycles. The maximum absolute atomic E-state index is 12.2. The maximum atomic E-state index is 12.2. The van der Waals surface area contributed by atoms with E-state index in [2.05, 4.69) is 5.32 Å². The van der Waals surface area contributed by atoms with Crippen molar-refractivity contribution < 1.29 is 33.5 Å². The summed E-state index contributed by atoms with van der Waals surface area (Å²) in [5.74, 6) is -0.353. The van der Waals surface area contributed by atoms with Crippen LogP contribution in [0.4, 0.5) is 11.4 Å². The van der Waals surface area contributed by atoms with Crippen LogP contribution in [-0.4, -0.2) is 44.7 Å². The molecule has 0 aliphatic heterocycles. The summed E-state index contributed by atoms with van der Waals surface area (Å²) >= 11 is 0. The molecule has 0 aromatic heterocycles. The van der Waals surface area contributed by atoms with E-state index in [-0.39, 0.29) is 29.3 Å². The summed E-state index contributed by atoms with van der Waals surface area (Å²) in [7, 11) is 4.04. The lowest BCUT2D eigenvalue weighted by Gasteiger charge is -2.14. The maximum Gasteiger partial charge on any atom is 0.340 e. The molecular formula is C18H18N2O8. The summed E-state index contributed by atoms with van der Waals surface area (Å²) in [5, 5.41) is 13.2. The molecule has 10 heteroatoms. The number of esters is 1. The number of anilines is 1. The molecule has 0 saturated carbocycles. The van der Waals surface area contributed by atoms with Gasteiger partial charge in [0.15, 0.2) is 18.1 Å². The first-order valence-corrected chi connectivity index (χ1v) is 7.91. The SMILES string of the molecule is COC(=O)c1cc(OC)c(OC)cc1NC(=O)COc1ccc([N+](=O)[O-])cc1. The number of amides is 1. The molecule has 0 aliphatic rings. The van der Waals surface area contributed by atoms with Crippen LogP contribution in [0.5, 0.6) is 17.2 Å². The van der Waals surface area contributed by atoms with Gasteiger partial charge in [-0.25, -0.2) is 4.79 Å². The number of ether oxygens (including phenoxy) is 4. The van der Waals surface area contributed by atoms with Gasteiger partial charge in [0.25, 0.3) is 11.6 Å². The van der Waals surface area contributed by atoms with Gasteiger partial charge in [-0.1, -0.05) is 0 Å². The van der Waals surface area contributed by atoms with Crippen molar-refractivity contribution in [2.45, 2.75) is 0 Å². The first-order valence-electron chi connectivity index (χ1n) is 7.91. The molecule has 2 aromatic rings. The van der Waals surface area contributed by atoms with Crippen LogP contribution in [0.1, 0.15) is 10.4 Å². The zero-order valence-electron chi connectivity index (χ0n) is 15.4. The Hall–Kier alpha value is -3.82. The third-order valence-corrected chi connectivity index (χ3v) is 3.62. The predicted molar refractivity (Wildman–Crippen MR) is 98.1 cm³/mol. The zero-order valence-corrected chi connectivity index (χ0v) is 15.4. The number of carbonyl (C=O) groups excluding carboxylic acids is 2. The van der Waals surface area contributed by atoms with Gasteiger partial charge in [0.2, 0.25) is 0 Å². The third kappa shape index (κ3) is 4.87. The Morgan fingerprint density at radius 1 is 1.04 bits per heavy atom. The Labute approximate surface area is 160 Å². The van der Waals surface area contributed by atoms with Crippen molar-refractivity contribution in [3.63, 3.8) is 0 Å². The molecule has 28 heavy (non-hydrogen) atoms. The highest BCUT2D eigenvalue weighted by Crippen LogP contribution is 2.33. The van der Waals surface area contributed by atoms with E-state index in [9.17, 15) is 19.7 Å². The number of carbonyl (C=O) groups is 2. The second-order valence-electron chi connectivity index (χ2n) is 5.33. The molecule has 148 valence electrons. The highest BCUT2D eigenvalue weighted by atomic mass is 16.6. The number of nitro benzene ring substituents is 1. The minimum Gasteiger partial charge on any atom is -0.493 e. The van der Waals surface area contributed by atoms with E-state index in [0.717, 1.165) is 0 Å². The van der Waals surface area contributed by atoms with Gasteiger partial charge in [0.05, 0.1) is 37.5 Å². The minimum atomic E-state index is -0.674. The van der Waals surface area contributed by atoms with Crippen molar-refractivity contribution >= 4 is 23.3 Å². The van der Waals surface area contributed by atoms with Crippen LogP contribution >= 0.6 is 0 Å². The first-order chi connectivity index (χ1) is 13.4. The Kier molecular flexibility index (Phi) is 6.74. The fraction of sp³-hybridized carbons (Fsp3) is 0.222. The summed E-state index contributed by atoms with van der Waals surface area (Å²) in [4.78, 5) is 34.3. The second-order valence-corrected chi connectivity index (χ2v) is 5.33. The van der Waals surface area contributed by atoms with Gasteiger partial charge in [0.1, 0.15) is 5.75 Å². The lowest BCUT2D eigenvalue weighted by atomic mass is 10.1. The number of non-ortho nitro benzene ring substituents is 1. The number of rotatable bonds is 8. The van der Waals surface area contributed by atoms with Gasteiger partial charge in [-0.05, 0) is 12.1 Å². The summed E-state index contributed by atoms with van der Waals surface area (Å²) in [6, 6.07) is 8.09. The van der Waals surface area contributed by atoms with Crippen molar-refractivity contribution in [3.05, 3.63) is 52.1 Å². The number of methoxy groups -OCH3 is 3. The molecule has 0 bridgehead atoms. The fourth-order valence-electron chi connectivity index (χ4n) is 2.26. The largest absolute Gasteiger partial charge is 0.493 e. The van der Waals surface area contributed by atoms with Gasteiger partial charge < -0.3 is 24.3 Å². The topological polar surface area (TPSA) is 126 Å². The van der Waals surface area contributed by atoms with Gasteiger partial charge >= 0.3 is 5.97 Å². The number of benzene rings is 2. The molecule has 1 N–H and O–H groups in total. The molecule has 2 aromatic carbocycles. The average Bonchev–Trinajstić information content (AvgIpc) is 2.71. The normalized spacial score (nSPS) is 9.96. The molecule has 0 heterocycles. The quantitative estimate of drug-likeness (QED) is 0.414. The molecular weight excluding hydrogens is 372 g/mol. The number of nitrogens with zero attached hydrogens (tertiary/aromatic N) is 1. The second kappa shape index (κ2) is 9.21. The van der Waals surface area contributed by atoms with Crippen LogP contribution in [-0.2, 0) is 9.53 Å². The standard InChI is InChI=1S/C18H18N2O8/c1-25-15-8-13(18(22)27-3)14(9-16(15)26-2)19-17(21)10-28-12-6-4-11(5-7-12)20(23)24/h4-9H,10H2,1-3H3,(H,19,21). The molecule has 0 unspecified atom stereocenters. The highest BCUT2D eigenvalue weighted by Gasteiger charge is 2.19. The number of hydrogen-bond acceptors (Lipinski definition) is 8. The van der Waals surface area contributed by atoms with Crippen molar-refractivity contribution in [3.8, 4) is 17.2 Å². The zero-order chi connectivity index (χ0) is 20.7. The summed E-state index contributed by atoms with van der Waals surface area (Å²) < 4.78 is 20.3. The smallest absolute Gasteiger partial charge is 0.340 e. The van der Waals surface area contributed by atoms with Crippen molar-refractivity contribution in [2.24, 2.45) is 0 Å². The predicted octanol–water partition coefficient (Wildman–Crippen LogP) is 2.42. The van der Waals surface area contributed by atoms with Crippen LogP contribution in [0, 0.1) is 10.1 Å². The number of nitrogens with one attached hydrogen (secondary N) is 1. The third-order valence-electron chi connectivity index (χ3n) is 3.62. The molecule has 0 atom stereocenters. The summed E-state index contributed by atoms with van der Waals surface area (Å²) in [5.41, 5.74) is 0.135. The highest BCUT2D eigenvalue weighted by molar-refractivity contribution is 6.02. The van der Waals surface area contributed by atoms with Gasteiger partial charge in [-0.2, -0.15) is 0 Å². The van der Waals surface area contributed by atoms with E-state index >= 15 is 0 Å². The summed E-state index contributed by atoms with van der Waals surface area (Å²) in [6.45, 7) is -0.382. The van der Waals surface area contributed by atoms with Gasteiger partial charge in [-0.3, -0.25) is 14.9 Å². The first kappa shape index (κ1) is 20.5. The minimum absolute atomic E-state index is 0.0730. The van der Waals surface area contributed by atoms with Crippen LogP contribution in [0.25, 0.3) is 0 Å².